The monoisotopic (exact) mass is 260 g/mol. The van der Waals surface area contributed by atoms with E-state index in [9.17, 15) is 13.2 Å². The Kier molecular flexibility index (Phi) is 4.47. The van der Waals surface area contributed by atoms with Crippen LogP contribution in [0.25, 0.3) is 0 Å². The molecule has 0 heterocycles. The van der Waals surface area contributed by atoms with Gasteiger partial charge in [0.05, 0.1) is 13.0 Å². The van der Waals surface area contributed by atoms with E-state index in [1.54, 1.807) is 0 Å². The van der Waals surface area contributed by atoms with Gasteiger partial charge in [0, 0.05) is 0 Å². The normalized spacial score (nSPS) is 11.1. The third-order valence-electron chi connectivity index (χ3n) is 1.86. The number of ether oxygens (including phenoxy) is 1. The van der Waals surface area contributed by atoms with Gasteiger partial charge in [-0.05, 0) is 17.7 Å². The summed E-state index contributed by atoms with van der Waals surface area (Å²) in [4.78, 5) is 10.2. The van der Waals surface area contributed by atoms with Crippen LogP contribution in [-0.2, 0) is 20.7 Å². The molecule has 0 saturated carbocycles. The van der Waals surface area contributed by atoms with Gasteiger partial charge >= 0.3 is 5.97 Å². The molecule has 0 amide bonds. The fraction of sp³-hybridized carbons (Fsp3) is 0.300. The quantitative estimate of drug-likeness (QED) is 0.738. The zero-order valence-corrected chi connectivity index (χ0v) is 9.68. The van der Waals surface area contributed by atoms with E-state index in [-0.39, 0.29) is 13.0 Å². The van der Waals surface area contributed by atoms with Crippen molar-refractivity contribution in [3.8, 4) is 5.75 Å². The largest absolute Gasteiger partial charge is 0.493 e. The van der Waals surface area contributed by atoms with Crippen molar-refractivity contribution in [1.82, 2.24) is 0 Å². The lowest BCUT2D eigenvalue weighted by Crippen LogP contribution is -2.05. The SMILES string of the molecule is O=C(O)CCOc1ccc(CS(=O)(=O)O)cc1. The summed E-state index contributed by atoms with van der Waals surface area (Å²) < 4.78 is 34.9. The average Bonchev–Trinajstić information content (AvgIpc) is 2.18. The van der Waals surface area contributed by atoms with Gasteiger partial charge in [-0.25, -0.2) is 0 Å². The van der Waals surface area contributed by atoms with Crippen molar-refractivity contribution in [3.05, 3.63) is 29.8 Å². The summed E-state index contributed by atoms with van der Waals surface area (Å²) in [6.45, 7) is 0.0486. The van der Waals surface area contributed by atoms with E-state index in [0.717, 1.165) is 0 Å². The third kappa shape index (κ3) is 5.88. The third-order valence-corrected chi connectivity index (χ3v) is 2.56. The Bertz CT molecular complexity index is 476. The number of carboxylic acid groups (broad SMARTS) is 1. The maximum absolute atomic E-state index is 10.6. The van der Waals surface area contributed by atoms with Crippen LogP contribution in [-0.4, -0.2) is 30.7 Å². The summed E-state index contributed by atoms with van der Waals surface area (Å²) in [6, 6.07) is 6.01. The molecule has 0 aliphatic heterocycles. The van der Waals surface area contributed by atoms with E-state index in [1.807, 2.05) is 0 Å². The van der Waals surface area contributed by atoms with Gasteiger partial charge in [0.1, 0.15) is 11.5 Å². The molecule has 0 unspecified atom stereocenters. The molecule has 0 aliphatic rings. The fourth-order valence-electron chi connectivity index (χ4n) is 1.15. The van der Waals surface area contributed by atoms with Crippen LogP contribution in [0.1, 0.15) is 12.0 Å². The lowest BCUT2D eigenvalue weighted by atomic mass is 10.2. The molecular weight excluding hydrogens is 248 g/mol. The molecule has 0 atom stereocenters. The van der Waals surface area contributed by atoms with Crippen LogP contribution in [0.15, 0.2) is 24.3 Å². The van der Waals surface area contributed by atoms with Crippen molar-refractivity contribution in [2.45, 2.75) is 12.2 Å². The predicted octanol–water partition coefficient (Wildman–Crippen LogP) is 0.928. The van der Waals surface area contributed by atoms with Crippen LogP contribution < -0.4 is 4.74 Å². The smallest absolute Gasteiger partial charge is 0.306 e. The molecule has 1 rings (SSSR count). The predicted molar refractivity (Wildman–Crippen MR) is 59.4 cm³/mol. The number of carbonyl (C=O) groups is 1. The van der Waals surface area contributed by atoms with Crippen LogP contribution in [0.5, 0.6) is 5.75 Å². The minimum absolute atomic E-state index is 0.0486. The molecule has 0 radical (unpaired) electrons. The molecular formula is C10H12O6S. The van der Waals surface area contributed by atoms with Crippen molar-refractivity contribution < 1.29 is 27.6 Å². The lowest BCUT2D eigenvalue weighted by Gasteiger charge is -2.05. The minimum Gasteiger partial charge on any atom is -0.493 e. The Morgan fingerprint density at radius 3 is 2.29 bits per heavy atom. The molecule has 0 saturated heterocycles. The number of aliphatic carboxylic acids is 1. The Morgan fingerprint density at radius 1 is 1.24 bits per heavy atom. The summed E-state index contributed by atoms with van der Waals surface area (Å²) in [6.07, 6.45) is -0.104. The second-order valence-corrected chi connectivity index (χ2v) is 4.81. The Labute approximate surface area is 98.6 Å². The highest BCUT2D eigenvalue weighted by molar-refractivity contribution is 7.85. The van der Waals surface area contributed by atoms with E-state index < -0.39 is 21.8 Å². The molecule has 0 fully saturated rings. The number of benzene rings is 1. The molecule has 2 N–H and O–H groups in total. The molecule has 94 valence electrons. The first-order valence-corrected chi connectivity index (χ1v) is 6.36. The van der Waals surface area contributed by atoms with E-state index in [0.29, 0.717) is 11.3 Å². The first-order chi connectivity index (χ1) is 7.87. The summed E-state index contributed by atoms with van der Waals surface area (Å²) in [5.74, 6) is -0.957. The maximum Gasteiger partial charge on any atom is 0.306 e. The van der Waals surface area contributed by atoms with E-state index in [4.69, 9.17) is 14.4 Å². The van der Waals surface area contributed by atoms with Crippen LogP contribution in [0.3, 0.4) is 0 Å². The topological polar surface area (TPSA) is 101 Å². The minimum atomic E-state index is -4.04. The number of hydrogen-bond acceptors (Lipinski definition) is 4. The molecule has 1 aromatic carbocycles. The van der Waals surface area contributed by atoms with E-state index in [2.05, 4.69) is 0 Å². The van der Waals surface area contributed by atoms with Gasteiger partial charge in [0.15, 0.2) is 0 Å². The van der Waals surface area contributed by atoms with Gasteiger partial charge in [-0.2, -0.15) is 8.42 Å². The lowest BCUT2D eigenvalue weighted by molar-refractivity contribution is -0.137. The number of hydrogen-bond donors (Lipinski definition) is 2. The Morgan fingerprint density at radius 2 is 1.82 bits per heavy atom. The second kappa shape index (κ2) is 5.65. The van der Waals surface area contributed by atoms with Crippen LogP contribution in [0.4, 0.5) is 0 Å². The van der Waals surface area contributed by atoms with Crippen molar-refractivity contribution in [2.75, 3.05) is 6.61 Å². The zero-order valence-electron chi connectivity index (χ0n) is 8.87. The molecule has 0 aliphatic carbocycles. The van der Waals surface area contributed by atoms with Gasteiger partial charge in [-0.1, -0.05) is 12.1 Å². The average molecular weight is 260 g/mol. The van der Waals surface area contributed by atoms with Crippen molar-refractivity contribution in [2.24, 2.45) is 0 Å². The molecule has 6 nitrogen and oxygen atoms in total. The van der Waals surface area contributed by atoms with Gasteiger partial charge in [0.25, 0.3) is 10.1 Å². The van der Waals surface area contributed by atoms with Crippen LogP contribution in [0.2, 0.25) is 0 Å². The van der Waals surface area contributed by atoms with Crippen molar-refractivity contribution in [3.63, 3.8) is 0 Å². The first-order valence-electron chi connectivity index (χ1n) is 4.75. The number of rotatable bonds is 6. The first kappa shape index (κ1) is 13.5. The number of carboxylic acids is 1. The molecule has 17 heavy (non-hydrogen) atoms. The van der Waals surface area contributed by atoms with Gasteiger partial charge in [-0.15, -0.1) is 0 Å². The maximum atomic E-state index is 10.6. The van der Waals surface area contributed by atoms with Crippen LogP contribution >= 0.6 is 0 Å². The van der Waals surface area contributed by atoms with Crippen molar-refractivity contribution >= 4 is 16.1 Å². The Balaban J connectivity index is 2.53. The molecule has 0 spiro atoms. The highest BCUT2D eigenvalue weighted by Crippen LogP contribution is 2.14. The highest BCUT2D eigenvalue weighted by atomic mass is 32.2. The molecule has 0 aromatic heterocycles. The summed E-state index contributed by atoms with van der Waals surface area (Å²) >= 11 is 0. The van der Waals surface area contributed by atoms with E-state index >= 15 is 0 Å². The summed E-state index contributed by atoms with van der Waals surface area (Å²) in [7, 11) is -4.04. The second-order valence-electron chi connectivity index (χ2n) is 3.36. The molecule has 0 bridgehead atoms. The summed E-state index contributed by atoms with van der Waals surface area (Å²) in [5, 5.41) is 8.39. The summed E-state index contributed by atoms with van der Waals surface area (Å²) in [5.41, 5.74) is 0.429. The van der Waals surface area contributed by atoms with Gasteiger partial charge in [-0.3, -0.25) is 9.35 Å². The highest BCUT2D eigenvalue weighted by Gasteiger charge is 2.06. The Hall–Kier alpha value is -1.60. The zero-order chi connectivity index (χ0) is 12.9. The van der Waals surface area contributed by atoms with Gasteiger partial charge < -0.3 is 9.84 Å². The van der Waals surface area contributed by atoms with Gasteiger partial charge in [0.2, 0.25) is 0 Å². The van der Waals surface area contributed by atoms with Crippen LogP contribution in [0, 0.1) is 0 Å². The molecule has 1 aromatic rings. The molecule has 7 heteroatoms. The standard InChI is InChI=1S/C10H12O6S/c11-10(12)5-6-16-9-3-1-8(2-4-9)7-17(13,14)15/h1-4H,5-7H2,(H,11,12)(H,13,14,15). The fourth-order valence-corrected chi connectivity index (χ4v) is 1.76. The van der Waals surface area contributed by atoms with Crippen molar-refractivity contribution in [1.29, 1.82) is 0 Å². The van der Waals surface area contributed by atoms with E-state index in [1.165, 1.54) is 24.3 Å².